The summed E-state index contributed by atoms with van der Waals surface area (Å²) in [7, 11) is 1.68. The van der Waals surface area contributed by atoms with E-state index in [1.807, 2.05) is 6.07 Å². The molecule has 0 saturated heterocycles. The highest BCUT2D eigenvalue weighted by Gasteiger charge is 2.10. The monoisotopic (exact) mass is 299 g/mol. The van der Waals surface area contributed by atoms with Gasteiger partial charge in [0.1, 0.15) is 5.75 Å². The molecule has 0 amide bonds. The SMILES string of the molecule is CCC(N)CCC(C)c1ccc(OC)c(Br)c1. The molecule has 2 unspecified atom stereocenters. The largest absolute Gasteiger partial charge is 0.496 e. The first-order valence-electron chi connectivity index (χ1n) is 6.17. The molecule has 96 valence electrons. The summed E-state index contributed by atoms with van der Waals surface area (Å²) in [6.07, 6.45) is 3.27. The van der Waals surface area contributed by atoms with Crippen molar-refractivity contribution >= 4 is 15.9 Å². The summed E-state index contributed by atoms with van der Waals surface area (Å²) < 4.78 is 6.25. The lowest BCUT2D eigenvalue weighted by atomic mass is 9.94. The summed E-state index contributed by atoms with van der Waals surface area (Å²) in [5.41, 5.74) is 7.28. The normalized spacial score (nSPS) is 14.4. The number of hydrogen-bond donors (Lipinski definition) is 1. The summed E-state index contributed by atoms with van der Waals surface area (Å²) in [6.45, 7) is 4.38. The van der Waals surface area contributed by atoms with Gasteiger partial charge in [-0.15, -0.1) is 0 Å². The molecule has 0 aromatic heterocycles. The molecule has 1 aromatic carbocycles. The fourth-order valence-corrected chi connectivity index (χ4v) is 2.38. The fraction of sp³-hybridized carbons (Fsp3) is 0.571. The second kappa shape index (κ2) is 7.02. The van der Waals surface area contributed by atoms with Crippen LogP contribution in [0.3, 0.4) is 0 Å². The third-order valence-electron chi connectivity index (χ3n) is 3.24. The van der Waals surface area contributed by atoms with Crippen LogP contribution in [-0.4, -0.2) is 13.2 Å². The molecule has 2 atom stereocenters. The van der Waals surface area contributed by atoms with Crippen LogP contribution in [0.5, 0.6) is 5.75 Å². The average molecular weight is 300 g/mol. The highest BCUT2D eigenvalue weighted by Crippen LogP contribution is 2.30. The first-order chi connectivity index (χ1) is 8.08. The van der Waals surface area contributed by atoms with Crippen molar-refractivity contribution in [3.8, 4) is 5.75 Å². The molecule has 0 spiro atoms. The van der Waals surface area contributed by atoms with Crippen LogP contribution in [0.15, 0.2) is 22.7 Å². The minimum absolute atomic E-state index is 0.333. The van der Waals surface area contributed by atoms with E-state index >= 15 is 0 Å². The first kappa shape index (κ1) is 14.5. The van der Waals surface area contributed by atoms with Crippen molar-refractivity contribution in [1.82, 2.24) is 0 Å². The van der Waals surface area contributed by atoms with E-state index in [4.69, 9.17) is 10.5 Å². The predicted octanol–water partition coefficient (Wildman–Crippen LogP) is 4.08. The molecule has 1 rings (SSSR count). The minimum Gasteiger partial charge on any atom is -0.496 e. The van der Waals surface area contributed by atoms with Crippen molar-refractivity contribution in [3.05, 3.63) is 28.2 Å². The van der Waals surface area contributed by atoms with Crippen LogP contribution in [0.25, 0.3) is 0 Å². The average Bonchev–Trinajstić information content (AvgIpc) is 2.35. The first-order valence-corrected chi connectivity index (χ1v) is 6.96. The molecule has 0 aliphatic carbocycles. The van der Waals surface area contributed by atoms with Crippen molar-refractivity contribution in [2.75, 3.05) is 7.11 Å². The molecular weight excluding hydrogens is 278 g/mol. The highest BCUT2D eigenvalue weighted by atomic mass is 79.9. The zero-order valence-corrected chi connectivity index (χ0v) is 12.5. The summed E-state index contributed by atoms with van der Waals surface area (Å²) in [6, 6.07) is 6.61. The Labute approximate surface area is 113 Å². The predicted molar refractivity (Wildman–Crippen MR) is 76.6 cm³/mol. The number of benzene rings is 1. The highest BCUT2D eigenvalue weighted by molar-refractivity contribution is 9.10. The van der Waals surface area contributed by atoms with Gasteiger partial charge in [-0.25, -0.2) is 0 Å². The molecular formula is C14H22BrNO. The third kappa shape index (κ3) is 4.32. The summed E-state index contributed by atoms with van der Waals surface area (Å²) in [5.74, 6) is 1.42. The van der Waals surface area contributed by atoms with E-state index in [2.05, 4.69) is 41.9 Å². The number of nitrogens with two attached hydrogens (primary N) is 1. The van der Waals surface area contributed by atoms with Gasteiger partial charge in [0.05, 0.1) is 11.6 Å². The van der Waals surface area contributed by atoms with Crippen LogP contribution in [0.2, 0.25) is 0 Å². The Morgan fingerprint density at radius 2 is 2.06 bits per heavy atom. The Hall–Kier alpha value is -0.540. The van der Waals surface area contributed by atoms with E-state index in [1.165, 1.54) is 5.56 Å². The summed E-state index contributed by atoms with van der Waals surface area (Å²) in [5, 5.41) is 0. The van der Waals surface area contributed by atoms with Crippen LogP contribution in [-0.2, 0) is 0 Å². The second-order valence-electron chi connectivity index (χ2n) is 4.54. The Balaban J connectivity index is 2.63. The molecule has 2 nitrogen and oxygen atoms in total. The lowest BCUT2D eigenvalue weighted by Crippen LogP contribution is -2.18. The molecule has 0 radical (unpaired) electrons. The lowest BCUT2D eigenvalue weighted by molar-refractivity contribution is 0.411. The van der Waals surface area contributed by atoms with E-state index in [1.54, 1.807) is 7.11 Å². The molecule has 0 bridgehead atoms. The molecule has 2 N–H and O–H groups in total. The van der Waals surface area contributed by atoms with E-state index in [-0.39, 0.29) is 0 Å². The van der Waals surface area contributed by atoms with Gasteiger partial charge >= 0.3 is 0 Å². The van der Waals surface area contributed by atoms with Gasteiger partial charge in [-0.2, -0.15) is 0 Å². The van der Waals surface area contributed by atoms with Gasteiger partial charge in [0.2, 0.25) is 0 Å². The number of methoxy groups -OCH3 is 1. The molecule has 17 heavy (non-hydrogen) atoms. The topological polar surface area (TPSA) is 35.2 Å². The molecule has 0 aliphatic heterocycles. The van der Waals surface area contributed by atoms with Crippen LogP contribution >= 0.6 is 15.9 Å². The zero-order valence-electron chi connectivity index (χ0n) is 10.9. The van der Waals surface area contributed by atoms with Gasteiger partial charge in [-0.05, 0) is 58.8 Å². The van der Waals surface area contributed by atoms with E-state index in [0.717, 1.165) is 29.5 Å². The molecule has 0 heterocycles. The molecule has 1 aromatic rings. The van der Waals surface area contributed by atoms with Crippen molar-refractivity contribution in [3.63, 3.8) is 0 Å². The molecule has 0 saturated carbocycles. The van der Waals surface area contributed by atoms with Crippen LogP contribution in [0.4, 0.5) is 0 Å². The third-order valence-corrected chi connectivity index (χ3v) is 3.86. The van der Waals surface area contributed by atoms with Gasteiger partial charge in [-0.3, -0.25) is 0 Å². The zero-order chi connectivity index (χ0) is 12.8. The quantitative estimate of drug-likeness (QED) is 0.859. The van der Waals surface area contributed by atoms with Crippen molar-refractivity contribution in [2.24, 2.45) is 5.73 Å². The molecule has 0 fully saturated rings. The fourth-order valence-electron chi connectivity index (χ4n) is 1.82. The Morgan fingerprint density at radius 1 is 1.35 bits per heavy atom. The van der Waals surface area contributed by atoms with Gasteiger partial charge < -0.3 is 10.5 Å². The van der Waals surface area contributed by atoms with Crippen molar-refractivity contribution in [1.29, 1.82) is 0 Å². The molecule has 0 aliphatic rings. The second-order valence-corrected chi connectivity index (χ2v) is 5.40. The van der Waals surface area contributed by atoms with Gasteiger partial charge in [0.15, 0.2) is 0 Å². The number of halogens is 1. The number of hydrogen-bond acceptors (Lipinski definition) is 2. The van der Waals surface area contributed by atoms with E-state index < -0.39 is 0 Å². The maximum Gasteiger partial charge on any atom is 0.133 e. The van der Waals surface area contributed by atoms with Crippen LogP contribution in [0.1, 0.15) is 44.6 Å². The maximum atomic E-state index is 5.95. The van der Waals surface area contributed by atoms with E-state index in [0.29, 0.717) is 12.0 Å². The van der Waals surface area contributed by atoms with E-state index in [9.17, 15) is 0 Å². The Kier molecular flexibility index (Phi) is 6.00. The number of rotatable bonds is 6. The molecule has 3 heteroatoms. The van der Waals surface area contributed by atoms with Crippen molar-refractivity contribution < 1.29 is 4.74 Å². The Morgan fingerprint density at radius 3 is 2.59 bits per heavy atom. The Bertz CT molecular complexity index is 354. The van der Waals surface area contributed by atoms with Gasteiger partial charge in [0, 0.05) is 6.04 Å². The number of ether oxygens (including phenoxy) is 1. The van der Waals surface area contributed by atoms with Crippen LogP contribution < -0.4 is 10.5 Å². The van der Waals surface area contributed by atoms with Crippen molar-refractivity contribution in [2.45, 2.75) is 45.1 Å². The lowest BCUT2D eigenvalue weighted by Gasteiger charge is -2.15. The summed E-state index contributed by atoms with van der Waals surface area (Å²) in [4.78, 5) is 0. The maximum absolute atomic E-state index is 5.95. The smallest absolute Gasteiger partial charge is 0.133 e. The van der Waals surface area contributed by atoms with Gasteiger partial charge in [-0.1, -0.05) is 19.9 Å². The van der Waals surface area contributed by atoms with Gasteiger partial charge in [0.25, 0.3) is 0 Å². The standard InChI is InChI=1S/C14H22BrNO/c1-4-12(16)7-5-10(2)11-6-8-14(17-3)13(15)9-11/h6,8-10,12H,4-5,7,16H2,1-3H3. The minimum atomic E-state index is 0.333. The van der Waals surface area contributed by atoms with Crippen LogP contribution in [0, 0.1) is 0 Å². The summed E-state index contributed by atoms with van der Waals surface area (Å²) >= 11 is 3.52.